The molecule has 1 heterocycles. The Morgan fingerprint density at radius 2 is 2.06 bits per heavy atom. The highest BCUT2D eigenvalue weighted by Gasteiger charge is 2.12. The monoisotopic (exact) mass is 235 g/mol. The third kappa shape index (κ3) is 1.54. The van der Waals surface area contributed by atoms with Gasteiger partial charge in [0.05, 0.1) is 10.5 Å². The normalized spacial score (nSPS) is 11.0. The lowest BCUT2D eigenvalue weighted by Gasteiger charge is -2.03. The van der Waals surface area contributed by atoms with Crippen LogP contribution in [0.4, 0.5) is 0 Å². The average molecular weight is 236 g/mol. The van der Waals surface area contributed by atoms with E-state index in [4.69, 9.17) is 11.6 Å². The first-order valence-electron chi connectivity index (χ1n) is 5.24. The fraction of sp³-hybridized carbons (Fsp3) is 0.308. The van der Waals surface area contributed by atoms with E-state index in [0.717, 1.165) is 22.8 Å². The summed E-state index contributed by atoms with van der Waals surface area (Å²) in [6.45, 7) is 4.16. The van der Waals surface area contributed by atoms with Gasteiger partial charge in [-0.3, -0.25) is 0 Å². The van der Waals surface area contributed by atoms with Crippen molar-refractivity contribution in [2.24, 2.45) is 7.05 Å². The number of halogens is 1. The molecular formula is C13H14ClNO. The van der Waals surface area contributed by atoms with Crippen LogP contribution in [0, 0.1) is 13.8 Å². The molecule has 0 fully saturated rings. The molecule has 0 amide bonds. The van der Waals surface area contributed by atoms with Crippen molar-refractivity contribution in [2.75, 3.05) is 0 Å². The van der Waals surface area contributed by atoms with Crippen molar-refractivity contribution in [2.45, 2.75) is 20.3 Å². The molecule has 0 aliphatic heterocycles. The van der Waals surface area contributed by atoms with Crippen molar-refractivity contribution < 1.29 is 4.79 Å². The summed E-state index contributed by atoms with van der Waals surface area (Å²) in [7, 11) is 2.01. The molecule has 2 aromatic rings. The molecule has 0 N–H and O–H groups in total. The number of aldehydes is 1. The zero-order valence-corrected chi connectivity index (χ0v) is 10.4. The van der Waals surface area contributed by atoms with Crippen LogP contribution in [0.15, 0.2) is 12.1 Å². The van der Waals surface area contributed by atoms with E-state index < -0.39 is 0 Å². The van der Waals surface area contributed by atoms with Gasteiger partial charge in [0, 0.05) is 24.5 Å². The van der Waals surface area contributed by atoms with Gasteiger partial charge in [-0.1, -0.05) is 11.6 Å². The highest BCUT2D eigenvalue weighted by molar-refractivity contribution is 6.35. The topological polar surface area (TPSA) is 22.0 Å². The molecule has 0 aliphatic carbocycles. The predicted molar refractivity (Wildman–Crippen MR) is 67.2 cm³/mol. The minimum Gasteiger partial charge on any atom is -0.346 e. The molecule has 0 atom stereocenters. The van der Waals surface area contributed by atoms with Crippen LogP contribution in [0.2, 0.25) is 5.02 Å². The van der Waals surface area contributed by atoms with Crippen molar-refractivity contribution in [3.05, 3.63) is 34.0 Å². The lowest BCUT2D eigenvalue weighted by atomic mass is 10.1. The van der Waals surface area contributed by atoms with Crippen molar-refractivity contribution >= 4 is 28.8 Å². The molecule has 0 unspecified atom stereocenters. The molecule has 0 saturated carbocycles. The van der Waals surface area contributed by atoms with Gasteiger partial charge in [-0.05, 0) is 37.1 Å². The third-order valence-corrected chi connectivity index (χ3v) is 3.52. The molecule has 16 heavy (non-hydrogen) atoms. The summed E-state index contributed by atoms with van der Waals surface area (Å²) < 4.78 is 2.09. The summed E-state index contributed by atoms with van der Waals surface area (Å²) in [5.41, 5.74) is 4.46. The molecule has 84 valence electrons. The molecule has 1 aromatic carbocycles. The smallest absolute Gasteiger partial charge is 0.124 e. The summed E-state index contributed by atoms with van der Waals surface area (Å²) in [6.07, 6.45) is 1.33. The maximum Gasteiger partial charge on any atom is 0.124 e. The number of aryl methyl sites for hydroxylation is 2. The number of aromatic nitrogens is 1. The maximum absolute atomic E-state index is 10.5. The second kappa shape index (κ2) is 3.95. The average Bonchev–Trinajstić information content (AvgIpc) is 2.45. The summed E-state index contributed by atoms with van der Waals surface area (Å²) in [6, 6.07) is 3.93. The quantitative estimate of drug-likeness (QED) is 0.733. The van der Waals surface area contributed by atoms with E-state index in [2.05, 4.69) is 24.5 Å². The number of fused-ring (bicyclic) bond motifs is 1. The molecule has 0 bridgehead atoms. The molecule has 1 aromatic heterocycles. The fourth-order valence-electron chi connectivity index (χ4n) is 2.11. The molecule has 2 nitrogen and oxygen atoms in total. The van der Waals surface area contributed by atoms with E-state index in [9.17, 15) is 4.79 Å². The summed E-state index contributed by atoms with van der Waals surface area (Å²) >= 11 is 6.25. The highest BCUT2D eigenvalue weighted by atomic mass is 35.5. The number of benzene rings is 1. The van der Waals surface area contributed by atoms with Crippen molar-refractivity contribution in [1.82, 2.24) is 4.57 Å². The van der Waals surface area contributed by atoms with Crippen LogP contribution in [0.1, 0.15) is 16.8 Å². The van der Waals surface area contributed by atoms with Crippen LogP contribution in [0.5, 0.6) is 0 Å². The number of hydrogen-bond acceptors (Lipinski definition) is 1. The maximum atomic E-state index is 10.5. The second-order valence-corrected chi connectivity index (χ2v) is 4.52. The minimum absolute atomic E-state index is 0.420. The lowest BCUT2D eigenvalue weighted by Crippen LogP contribution is -1.92. The van der Waals surface area contributed by atoms with Gasteiger partial charge in [-0.15, -0.1) is 0 Å². The van der Waals surface area contributed by atoms with Gasteiger partial charge in [0.2, 0.25) is 0 Å². The first-order valence-corrected chi connectivity index (χ1v) is 5.61. The van der Waals surface area contributed by atoms with E-state index in [1.54, 1.807) is 0 Å². The van der Waals surface area contributed by atoms with E-state index in [1.165, 1.54) is 11.3 Å². The summed E-state index contributed by atoms with van der Waals surface area (Å²) in [5.74, 6) is 0. The zero-order valence-electron chi connectivity index (χ0n) is 9.67. The Labute approximate surface area is 99.8 Å². The van der Waals surface area contributed by atoms with Gasteiger partial charge >= 0.3 is 0 Å². The number of carbonyl (C=O) groups is 1. The van der Waals surface area contributed by atoms with E-state index in [-0.39, 0.29) is 0 Å². The van der Waals surface area contributed by atoms with Crippen molar-refractivity contribution in [1.29, 1.82) is 0 Å². The van der Waals surface area contributed by atoms with E-state index in [0.29, 0.717) is 11.4 Å². The van der Waals surface area contributed by atoms with E-state index in [1.807, 2.05) is 13.1 Å². The van der Waals surface area contributed by atoms with Gasteiger partial charge < -0.3 is 9.36 Å². The second-order valence-electron chi connectivity index (χ2n) is 4.11. The van der Waals surface area contributed by atoms with Gasteiger partial charge in [0.15, 0.2) is 0 Å². The Morgan fingerprint density at radius 3 is 2.69 bits per heavy atom. The number of hydrogen-bond donors (Lipinski definition) is 0. The van der Waals surface area contributed by atoms with Gasteiger partial charge in [-0.2, -0.15) is 0 Å². The largest absolute Gasteiger partial charge is 0.346 e. The van der Waals surface area contributed by atoms with Crippen LogP contribution in [-0.4, -0.2) is 10.9 Å². The number of rotatable bonds is 2. The Kier molecular flexibility index (Phi) is 2.76. The summed E-state index contributed by atoms with van der Waals surface area (Å²) in [5, 5.41) is 1.86. The molecule has 0 saturated heterocycles. The summed E-state index contributed by atoms with van der Waals surface area (Å²) in [4.78, 5) is 10.5. The molecule has 0 spiro atoms. The Morgan fingerprint density at radius 1 is 1.38 bits per heavy atom. The first-order chi connectivity index (χ1) is 7.56. The van der Waals surface area contributed by atoms with Gasteiger partial charge in [0.25, 0.3) is 0 Å². The van der Waals surface area contributed by atoms with E-state index >= 15 is 0 Å². The van der Waals surface area contributed by atoms with Crippen LogP contribution in [-0.2, 0) is 18.3 Å². The third-order valence-electron chi connectivity index (χ3n) is 3.23. The molecule has 0 radical (unpaired) electrons. The predicted octanol–water partition coefficient (Wildman–Crippen LogP) is 3.19. The number of nitrogens with zero attached hydrogens (tertiary/aromatic N) is 1. The molecular weight excluding hydrogens is 222 g/mol. The van der Waals surface area contributed by atoms with Crippen molar-refractivity contribution in [3.8, 4) is 0 Å². The van der Waals surface area contributed by atoms with Crippen molar-refractivity contribution in [3.63, 3.8) is 0 Å². The Bertz CT molecular complexity index is 569. The lowest BCUT2D eigenvalue weighted by molar-refractivity contribution is -0.107. The number of carbonyl (C=O) groups excluding carboxylic acids is 1. The highest BCUT2D eigenvalue weighted by Crippen LogP contribution is 2.31. The van der Waals surface area contributed by atoms with Crippen LogP contribution < -0.4 is 0 Å². The minimum atomic E-state index is 0.420. The molecule has 2 rings (SSSR count). The molecule has 0 aliphatic rings. The Hall–Kier alpha value is -1.28. The molecule has 3 heteroatoms. The SMILES string of the molecule is Cc1c(C)n(C)c2c(Cl)cc(CC=O)cc12. The zero-order chi connectivity index (χ0) is 11.9. The Balaban J connectivity index is 2.81. The standard InChI is InChI=1S/C13H14ClNO/c1-8-9(2)15(3)13-11(8)6-10(4-5-16)7-12(13)14/h5-7H,4H2,1-3H3. The van der Waals surface area contributed by atoms with Crippen LogP contribution in [0.25, 0.3) is 10.9 Å². The first kappa shape index (κ1) is 11.2. The van der Waals surface area contributed by atoms with Gasteiger partial charge in [-0.25, -0.2) is 0 Å². The fourth-order valence-corrected chi connectivity index (χ4v) is 2.48. The van der Waals surface area contributed by atoms with Gasteiger partial charge in [0.1, 0.15) is 6.29 Å². The van der Waals surface area contributed by atoms with Crippen LogP contribution in [0.3, 0.4) is 0 Å². The van der Waals surface area contributed by atoms with Crippen LogP contribution >= 0.6 is 11.6 Å².